The third-order valence-electron chi connectivity index (χ3n) is 3.62. The Bertz CT molecular complexity index is 935. The van der Waals surface area contributed by atoms with E-state index in [0.717, 1.165) is 23.9 Å². The number of alkyl halides is 3. The van der Waals surface area contributed by atoms with Crippen molar-refractivity contribution in [2.75, 3.05) is 5.32 Å². The van der Waals surface area contributed by atoms with E-state index in [1.165, 1.54) is 18.4 Å². The number of thioether (sulfide) groups is 1. The molecule has 1 N–H and O–H groups in total. The molecule has 1 unspecified atom stereocenters. The molecule has 6 nitrogen and oxygen atoms in total. The minimum atomic E-state index is -4.42. The Hall–Kier alpha value is -2.75. The van der Waals surface area contributed by atoms with Gasteiger partial charge in [0.05, 0.1) is 22.6 Å². The standard InChI is InChI=1S/C17H14F3N3O3S/c1-9-13(7-8-25-9)15-22-23-16(26-15)27-10(2)14(24)21-12-5-3-11(4-6-12)17(18,19)20/h3-8,10H,1-2H3,(H,21,24). The van der Waals surface area contributed by atoms with Crippen LogP contribution in [-0.2, 0) is 11.0 Å². The zero-order valence-corrected chi connectivity index (χ0v) is 15.0. The van der Waals surface area contributed by atoms with Crippen molar-refractivity contribution in [1.82, 2.24) is 10.2 Å². The van der Waals surface area contributed by atoms with Crippen LogP contribution in [0, 0.1) is 6.92 Å². The summed E-state index contributed by atoms with van der Waals surface area (Å²) >= 11 is 1.04. The molecule has 27 heavy (non-hydrogen) atoms. The number of benzene rings is 1. The fourth-order valence-electron chi connectivity index (χ4n) is 2.16. The van der Waals surface area contributed by atoms with Gasteiger partial charge in [-0.1, -0.05) is 11.8 Å². The number of rotatable bonds is 5. The van der Waals surface area contributed by atoms with Crippen molar-refractivity contribution < 1.29 is 26.8 Å². The first-order valence-electron chi connectivity index (χ1n) is 7.77. The molecule has 0 saturated carbocycles. The number of amides is 1. The van der Waals surface area contributed by atoms with Crippen molar-refractivity contribution in [2.45, 2.75) is 30.5 Å². The van der Waals surface area contributed by atoms with Gasteiger partial charge in [0.15, 0.2) is 0 Å². The summed E-state index contributed by atoms with van der Waals surface area (Å²) in [5.74, 6) is 0.501. The second kappa shape index (κ2) is 7.47. The van der Waals surface area contributed by atoms with Gasteiger partial charge in [0, 0.05) is 5.69 Å². The highest BCUT2D eigenvalue weighted by molar-refractivity contribution is 8.00. The molecule has 2 aromatic heterocycles. The van der Waals surface area contributed by atoms with Gasteiger partial charge < -0.3 is 14.2 Å². The van der Waals surface area contributed by atoms with E-state index in [2.05, 4.69) is 15.5 Å². The van der Waals surface area contributed by atoms with Crippen molar-refractivity contribution in [3.63, 3.8) is 0 Å². The van der Waals surface area contributed by atoms with Gasteiger partial charge in [0.2, 0.25) is 5.91 Å². The van der Waals surface area contributed by atoms with Crippen molar-refractivity contribution in [3.8, 4) is 11.5 Å². The smallest absolute Gasteiger partial charge is 0.416 e. The summed E-state index contributed by atoms with van der Waals surface area (Å²) in [6.45, 7) is 3.38. The van der Waals surface area contributed by atoms with Gasteiger partial charge >= 0.3 is 6.18 Å². The Kier molecular flexibility index (Phi) is 5.26. The summed E-state index contributed by atoms with van der Waals surface area (Å²) in [5.41, 5.74) is 0.146. The molecular weight excluding hydrogens is 383 g/mol. The number of carbonyl (C=O) groups is 1. The summed E-state index contributed by atoms with van der Waals surface area (Å²) in [4.78, 5) is 12.2. The third kappa shape index (κ3) is 4.51. The molecule has 142 valence electrons. The quantitative estimate of drug-likeness (QED) is 0.624. The fourth-order valence-corrected chi connectivity index (χ4v) is 2.85. The van der Waals surface area contributed by atoms with Crippen LogP contribution in [0.1, 0.15) is 18.2 Å². The van der Waals surface area contributed by atoms with Crippen molar-refractivity contribution >= 4 is 23.4 Å². The number of anilines is 1. The monoisotopic (exact) mass is 397 g/mol. The van der Waals surface area contributed by atoms with Crippen LogP contribution in [-0.4, -0.2) is 21.4 Å². The van der Waals surface area contributed by atoms with Crippen LogP contribution in [0.25, 0.3) is 11.5 Å². The Labute approximate surface area is 156 Å². The van der Waals surface area contributed by atoms with Crippen LogP contribution in [0.2, 0.25) is 0 Å². The Morgan fingerprint density at radius 1 is 1.19 bits per heavy atom. The van der Waals surface area contributed by atoms with E-state index < -0.39 is 22.9 Å². The number of nitrogens with zero attached hydrogens (tertiary/aromatic N) is 2. The molecule has 1 atom stereocenters. The molecule has 0 radical (unpaired) electrons. The summed E-state index contributed by atoms with van der Waals surface area (Å²) < 4.78 is 48.4. The molecule has 10 heteroatoms. The van der Waals surface area contributed by atoms with E-state index >= 15 is 0 Å². The Balaban J connectivity index is 1.61. The van der Waals surface area contributed by atoms with E-state index in [0.29, 0.717) is 11.3 Å². The number of halogens is 3. The molecule has 3 aromatic rings. The normalized spacial score (nSPS) is 12.8. The number of aryl methyl sites for hydroxylation is 1. The minimum Gasteiger partial charge on any atom is -0.469 e. The van der Waals surface area contributed by atoms with Crippen LogP contribution < -0.4 is 5.32 Å². The average Bonchev–Trinajstić information content (AvgIpc) is 3.23. The summed E-state index contributed by atoms with van der Waals surface area (Å²) in [7, 11) is 0. The second-order valence-electron chi connectivity index (χ2n) is 5.59. The molecule has 0 aliphatic heterocycles. The highest BCUT2D eigenvalue weighted by Gasteiger charge is 2.30. The number of carbonyl (C=O) groups excluding carboxylic acids is 1. The predicted molar refractivity (Wildman–Crippen MR) is 92.1 cm³/mol. The van der Waals surface area contributed by atoms with Crippen LogP contribution in [0.4, 0.5) is 18.9 Å². The lowest BCUT2D eigenvalue weighted by Gasteiger charge is -2.11. The van der Waals surface area contributed by atoms with Crippen LogP contribution in [0.5, 0.6) is 0 Å². The second-order valence-corrected chi connectivity index (χ2v) is 6.88. The maximum absolute atomic E-state index is 12.6. The van der Waals surface area contributed by atoms with Gasteiger partial charge in [-0.3, -0.25) is 4.79 Å². The van der Waals surface area contributed by atoms with Gasteiger partial charge in [-0.2, -0.15) is 13.2 Å². The molecule has 3 rings (SSSR count). The van der Waals surface area contributed by atoms with E-state index in [1.54, 1.807) is 19.9 Å². The lowest BCUT2D eigenvalue weighted by atomic mass is 10.2. The first-order chi connectivity index (χ1) is 12.7. The molecule has 0 bridgehead atoms. The van der Waals surface area contributed by atoms with Gasteiger partial charge in [-0.15, -0.1) is 10.2 Å². The number of nitrogens with one attached hydrogen (secondary N) is 1. The van der Waals surface area contributed by atoms with E-state index in [4.69, 9.17) is 8.83 Å². The molecule has 0 aliphatic carbocycles. The van der Waals surface area contributed by atoms with E-state index in [1.807, 2.05) is 0 Å². The van der Waals surface area contributed by atoms with Gasteiger partial charge in [0.1, 0.15) is 5.76 Å². The van der Waals surface area contributed by atoms with Gasteiger partial charge in [-0.25, -0.2) is 0 Å². The first kappa shape index (κ1) is 19.0. The lowest BCUT2D eigenvalue weighted by molar-refractivity contribution is -0.137. The number of aromatic nitrogens is 2. The van der Waals surface area contributed by atoms with Crippen molar-refractivity contribution in [1.29, 1.82) is 0 Å². The molecular formula is C17H14F3N3O3S. The van der Waals surface area contributed by atoms with Crippen LogP contribution in [0.3, 0.4) is 0 Å². The van der Waals surface area contributed by atoms with Crippen molar-refractivity contribution in [3.05, 3.63) is 47.9 Å². The Morgan fingerprint density at radius 3 is 2.48 bits per heavy atom. The van der Waals surface area contributed by atoms with Crippen molar-refractivity contribution in [2.24, 2.45) is 0 Å². The summed E-state index contributed by atoms with van der Waals surface area (Å²) in [6, 6.07) is 5.91. The zero-order valence-electron chi connectivity index (χ0n) is 14.2. The highest BCUT2D eigenvalue weighted by Crippen LogP contribution is 2.31. The topological polar surface area (TPSA) is 81.2 Å². The Morgan fingerprint density at radius 2 is 1.89 bits per heavy atom. The molecule has 0 spiro atoms. The summed E-state index contributed by atoms with van der Waals surface area (Å²) in [5, 5.41) is 9.94. The number of hydrogen-bond acceptors (Lipinski definition) is 6. The minimum absolute atomic E-state index is 0.195. The lowest BCUT2D eigenvalue weighted by Crippen LogP contribution is -2.22. The number of furan rings is 1. The van der Waals surface area contributed by atoms with E-state index in [9.17, 15) is 18.0 Å². The van der Waals surface area contributed by atoms with E-state index in [-0.39, 0.29) is 16.8 Å². The van der Waals surface area contributed by atoms with Crippen LogP contribution in [0.15, 0.2) is 50.7 Å². The largest absolute Gasteiger partial charge is 0.469 e. The zero-order chi connectivity index (χ0) is 19.6. The van der Waals surface area contributed by atoms with Gasteiger partial charge in [-0.05, 0) is 44.2 Å². The molecule has 1 amide bonds. The maximum Gasteiger partial charge on any atom is 0.416 e. The fraction of sp³-hybridized carbons (Fsp3) is 0.235. The molecule has 2 heterocycles. The molecule has 1 aromatic carbocycles. The molecule has 0 aliphatic rings. The first-order valence-corrected chi connectivity index (χ1v) is 8.65. The maximum atomic E-state index is 12.6. The predicted octanol–water partition coefficient (Wildman–Crippen LogP) is 4.78. The van der Waals surface area contributed by atoms with Gasteiger partial charge in [0.25, 0.3) is 11.1 Å². The highest BCUT2D eigenvalue weighted by atomic mass is 32.2. The molecule has 0 saturated heterocycles. The van der Waals surface area contributed by atoms with Crippen LogP contribution >= 0.6 is 11.8 Å². The average molecular weight is 397 g/mol. The third-order valence-corrected chi connectivity index (χ3v) is 4.56. The summed E-state index contributed by atoms with van der Waals surface area (Å²) in [6.07, 6.45) is -2.92. The SMILES string of the molecule is Cc1occc1-c1nnc(SC(C)C(=O)Nc2ccc(C(F)(F)F)cc2)o1. The molecule has 0 fully saturated rings. The number of hydrogen-bond donors (Lipinski definition) is 1.